The van der Waals surface area contributed by atoms with Gasteiger partial charge in [-0.2, -0.15) is 0 Å². The Morgan fingerprint density at radius 2 is 2.16 bits per heavy atom. The van der Waals surface area contributed by atoms with Crippen LogP contribution in [-0.2, 0) is 11.3 Å². The summed E-state index contributed by atoms with van der Waals surface area (Å²) in [7, 11) is 0. The third-order valence-electron chi connectivity index (χ3n) is 4.09. The lowest BCUT2D eigenvalue weighted by atomic mass is 9.99. The zero-order valence-electron chi connectivity index (χ0n) is 11.7. The molecule has 0 radical (unpaired) electrons. The number of hydrogen-bond donors (Lipinski definition) is 2. The van der Waals surface area contributed by atoms with Crippen molar-refractivity contribution in [3.8, 4) is 0 Å². The first-order valence-corrected chi connectivity index (χ1v) is 6.95. The topological polar surface area (TPSA) is 58.4 Å². The van der Waals surface area contributed by atoms with Crippen LogP contribution in [0.4, 0.5) is 0 Å². The van der Waals surface area contributed by atoms with Crippen LogP contribution in [0.15, 0.2) is 24.3 Å². The zero-order valence-corrected chi connectivity index (χ0v) is 11.7. The first kappa shape index (κ1) is 14.0. The minimum Gasteiger partial charge on any atom is -0.296 e. The number of rotatable bonds is 4. The Morgan fingerprint density at radius 1 is 1.47 bits per heavy atom. The molecule has 1 heterocycles. The molecule has 1 saturated heterocycles. The van der Waals surface area contributed by atoms with E-state index in [0.29, 0.717) is 6.04 Å². The standard InChI is InChI=1S/C15H23N3O/c1-11-4-3-9-18(11)10-13-5-7-14(8-6-13)12(2)15(19)17-16/h5-8,11-12H,3-4,9-10,16H2,1-2H3,(H,17,19). The minimum absolute atomic E-state index is 0.152. The normalized spacial score (nSPS) is 21.3. The smallest absolute Gasteiger partial charge is 0.241 e. The van der Waals surface area contributed by atoms with Gasteiger partial charge in [0.2, 0.25) is 5.91 Å². The third kappa shape index (κ3) is 3.33. The molecule has 0 bridgehead atoms. The van der Waals surface area contributed by atoms with Gasteiger partial charge in [0.1, 0.15) is 0 Å². The van der Waals surface area contributed by atoms with Crippen LogP contribution in [0.5, 0.6) is 0 Å². The molecule has 0 saturated carbocycles. The molecule has 1 aromatic carbocycles. The Balaban J connectivity index is 2.00. The van der Waals surface area contributed by atoms with Gasteiger partial charge in [-0.25, -0.2) is 5.84 Å². The lowest BCUT2D eigenvalue weighted by Gasteiger charge is -2.21. The lowest BCUT2D eigenvalue weighted by molar-refractivity contribution is -0.122. The van der Waals surface area contributed by atoms with Gasteiger partial charge in [-0.05, 0) is 44.4 Å². The Morgan fingerprint density at radius 3 is 2.68 bits per heavy atom. The van der Waals surface area contributed by atoms with Gasteiger partial charge in [-0.15, -0.1) is 0 Å². The van der Waals surface area contributed by atoms with Crippen molar-refractivity contribution in [3.63, 3.8) is 0 Å². The Labute approximate surface area is 114 Å². The molecular weight excluding hydrogens is 238 g/mol. The summed E-state index contributed by atoms with van der Waals surface area (Å²) in [5, 5.41) is 0. The van der Waals surface area contributed by atoms with Gasteiger partial charge in [0.15, 0.2) is 0 Å². The van der Waals surface area contributed by atoms with Crippen molar-refractivity contribution < 1.29 is 4.79 Å². The fourth-order valence-corrected chi connectivity index (χ4v) is 2.65. The van der Waals surface area contributed by atoms with Crippen LogP contribution in [-0.4, -0.2) is 23.4 Å². The molecule has 104 valence electrons. The lowest BCUT2D eigenvalue weighted by Crippen LogP contribution is -2.33. The molecule has 2 rings (SSSR count). The van der Waals surface area contributed by atoms with E-state index in [0.717, 1.165) is 12.1 Å². The minimum atomic E-state index is -0.204. The molecule has 1 aliphatic rings. The van der Waals surface area contributed by atoms with Crippen LogP contribution in [0.1, 0.15) is 43.7 Å². The molecule has 0 spiro atoms. The molecule has 1 amide bonds. The molecule has 19 heavy (non-hydrogen) atoms. The number of nitrogens with one attached hydrogen (secondary N) is 1. The quantitative estimate of drug-likeness (QED) is 0.493. The largest absolute Gasteiger partial charge is 0.296 e. The number of benzene rings is 1. The first-order valence-electron chi connectivity index (χ1n) is 6.95. The van der Waals surface area contributed by atoms with E-state index in [1.54, 1.807) is 0 Å². The number of hydrazine groups is 1. The van der Waals surface area contributed by atoms with E-state index >= 15 is 0 Å². The highest BCUT2D eigenvalue weighted by molar-refractivity contribution is 5.82. The first-order chi connectivity index (χ1) is 9.11. The summed E-state index contributed by atoms with van der Waals surface area (Å²) in [6, 6.07) is 8.95. The highest BCUT2D eigenvalue weighted by Crippen LogP contribution is 2.21. The van der Waals surface area contributed by atoms with Crippen LogP contribution >= 0.6 is 0 Å². The number of carbonyl (C=O) groups excluding carboxylic acids is 1. The molecule has 1 aromatic rings. The molecule has 1 fully saturated rings. The van der Waals surface area contributed by atoms with Crippen LogP contribution in [0, 0.1) is 0 Å². The van der Waals surface area contributed by atoms with Crippen LogP contribution in [0.2, 0.25) is 0 Å². The fourth-order valence-electron chi connectivity index (χ4n) is 2.65. The number of nitrogens with two attached hydrogens (primary N) is 1. The maximum Gasteiger partial charge on any atom is 0.241 e. The van der Waals surface area contributed by atoms with E-state index < -0.39 is 0 Å². The maximum absolute atomic E-state index is 11.5. The average molecular weight is 261 g/mol. The predicted molar refractivity (Wildman–Crippen MR) is 76.3 cm³/mol. The van der Waals surface area contributed by atoms with Crippen molar-refractivity contribution in [1.29, 1.82) is 0 Å². The van der Waals surface area contributed by atoms with E-state index in [-0.39, 0.29) is 11.8 Å². The molecule has 0 aromatic heterocycles. The van der Waals surface area contributed by atoms with Crippen molar-refractivity contribution in [2.75, 3.05) is 6.54 Å². The fraction of sp³-hybridized carbons (Fsp3) is 0.533. The summed E-state index contributed by atoms with van der Waals surface area (Å²) in [5.74, 6) is 4.80. The van der Waals surface area contributed by atoms with Crippen molar-refractivity contribution >= 4 is 5.91 Å². The monoisotopic (exact) mass is 261 g/mol. The number of hydrogen-bond acceptors (Lipinski definition) is 3. The number of likely N-dealkylation sites (tertiary alicyclic amines) is 1. The van der Waals surface area contributed by atoms with Crippen LogP contribution < -0.4 is 11.3 Å². The second kappa shape index (κ2) is 6.17. The molecule has 3 N–H and O–H groups in total. The summed E-state index contributed by atoms with van der Waals surface area (Å²) in [4.78, 5) is 14.0. The Bertz CT molecular complexity index is 430. The third-order valence-corrected chi connectivity index (χ3v) is 4.09. The molecule has 0 aliphatic carbocycles. The summed E-state index contributed by atoms with van der Waals surface area (Å²) >= 11 is 0. The number of nitrogens with zero attached hydrogens (tertiary/aromatic N) is 1. The van der Waals surface area contributed by atoms with Gasteiger partial charge in [0.25, 0.3) is 0 Å². The van der Waals surface area contributed by atoms with Crippen molar-refractivity contribution in [2.45, 2.75) is 45.2 Å². The van der Waals surface area contributed by atoms with E-state index in [1.807, 2.05) is 19.1 Å². The van der Waals surface area contributed by atoms with Gasteiger partial charge in [0, 0.05) is 12.6 Å². The zero-order chi connectivity index (χ0) is 13.8. The summed E-state index contributed by atoms with van der Waals surface area (Å²) in [6.45, 7) is 6.34. The molecule has 4 nitrogen and oxygen atoms in total. The van der Waals surface area contributed by atoms with Gasteiger partial charge < -0.3 is 0 Å². The molecule has 2 unspecified atom stereocenters. The van der Waals surface area contributed by atoms with E-state index in [2.05, 4.69) is 29.4 Å². The van der Waals surface area contributed by atoms with Crippen LogP contribution in [0.25, 0.3) is 0 Å². The van der Waals surface area contributed by atoms with Gasteiger partial charge in [-0.3, -0.25) is 15.1 Å². The van der Waals surface area contributed by atoms with Gasteiger partial charge >= 0.3 is 0 Å². The van der Waals surface area contributed by atoms with Gasteiger partial charge in [-0.1, -0.05) is 24.3 Å². The molecular formula is C15H23N3O. The highest BCUT2D eigenvalue weighted by Gasteiger charge is 2.20. The second-order valence-corrected chi connectivity index (χ2v) is 5.43. The molecule has 2 atom stereocenters. The van der Waals surface area contributed by atoms with Crippen molar-refractivity contribution in [3.05, 3.63) is 35.4 Å². The van der Waals surface area contributed by atoms with Gasteiger partial charge in [0.05, 0.1) is 5.92 Å². The summed E-state index contributed by atoms with van der Waals surface area (Å²) in [6.07, 6.45) is 2.60. The Hall–Kier alpha value is -1.39. The van der Waals surface area contributed by atoms with Crippen molar-refractivity contribution in [2.24, 2.45) is 5.84 Å². The molecule has 4 heteroatoms. The summed E-state index contributed by atoms with van der Waals surface area (Å²) < 4.78 is 0. The Kier molecular flexibility index (Phi) is 4.56. The van der Waals surface area contributed by atoms with Crippen LogP contribution in [0.3, 0.4) is 0 Å². The number of amides is 1. The average Bonchev–Trinajstić information content (AvgIpc) is 2.83. The predicted octanol–water partition coefficient (Wildman–Crippen LogP) is 1.76. The highest BCUT2D eigenvalue weighted by atomic mass is 16.2. The second-order valence-electron chi connectivity index (χ2n) is 5.43. The molecule has 1 aliphatic heterocycles. The maximum atomic E-state index is 11.5. The van der Waals surface area contributed by atoms with E-state index in [1.165, 1.54) is 24.9 Å². The van der Waals surface area contributed by atoms with E-state index in [4.69, 9.17) is 5.84 Å². The SMILES string of the molecule is CC(C(=O)NN)c1ccc(CN2CCCC2C)cc1. The van der Waals surface area contributed by atoms with E-state index in [9.17, 15) is 4.79 Å². The van der Waals surface area contributed by atoms with Crippen molar-refractivity contribution in [1.82, 2.24) is 10.3 Å². The summed E-state index contributed by atoms with van der Waals surface area (Å²) in [5.41, 5.74) is 4.50. The number of carbonyl (C=O) groups is 1.